The largest absolute Gasteiger partial charge is 0.381 e. The molecule has 0 radical (unpaired) electrons. The van der Waals surface area contributed by atoms with Gasteiger partial charge in [-0.15, -0.1) is 0 Å². The summed E-state index contributed by atoms with van der Waals surface area (Å²) >= 11 is 0. The van der Waals surface area contributed by atoms with Crippen molar-refractivity contribution in [1.82, 2.24) is 9.97 Å². The number of aromatic nitrogens is 2. The molecule has 3 nitrogen and oxygen atoms in total. The maximum atomic E-state index is 4.39. The molecule has 1 aliphatic rings. The molecule has 0 saturated heterocycles. The molecule has 22 heavy (non-hydrogen) atoms. The van der Waals surface area contributed by atoms with E-state index >= 15 is 0 Å². The zero-order valence-corrected chi connectivity index (χ0v) is 14.3. The van der Waals surface area contributed by atoms with E-state index in [4.69, 9.17) is 0 Å². The lowest BCUT2D eigenvalue weighted by Gasteiger charge is -2.55. The third-order valence-electron chi connectivity index (χ3n) is 6.17. The first-order chi connectivity index (χ1) is 10.6. The summed E-state index contributed by atoms with van der Waals surface area (Å²) in [7, 11) is 0. The molecule has 2 aromatic heterocycles. The number of H-pyrrole nitrogens is 1. The van der Waals surface area contributed by atoms with Crippen LogP contribution in [0.4, 0.5) is 5.69 Å². The maximum absolute atomic E-state index is 4.39. The Morgan fingerprint density at radius 1 is 1.41 bits per heavy atom. The predicted molar refractivity (Wildman–Crippen MR) is 94.1 cm³/mol. The van der Waals surface area contributed by atoms with Gasteiger partial charge in [-0.05, 0) is 42.2 Å². The van der Waals surface area contributed by atoms with Crippen LogP contribution in [0.1, 0.15) is 53.4 Å². The van der Waals surface area contributed by atoms with Crippen molar-refractivity contribution in [3.8, 4) is 0 Å². The molecule has 0 bridgehead atoms. The second-order valence-corrected chi connectivity index (χ2v) is 7.30. The summed E-state index contributed by atoms with van der Waals surface area (Å²) in [5, 5.41) is 5.05. The van der Waals surface area contributed by atoms with Crippen molar-refractivity contribution in [3.63, 3.8) is 0 Å². The summed E-state index contributed by atoms with van der Waals surface area (Å²) < 4.78 is 0. The van der Waals surface area contributed by atoms with Crippen LogP contribution in [-0.2, 0) is 0 Å². The van der Waals surface area contributed by atoms with Crippen LogP contribution in [-0.4, -0.2) is 16.0 Å². The Bertz CT molecular complexity index is 632. The first-order valence-corrected chi connectivity index (χ1v) is 8.77. The fourth-order valence-electron chi connectivity index (χ4n) is 4.21. The molecule has 2 heterocycles. The molecule has 0 aliphatic heterocycles. The van der Waals surface area contributed by atoms with Gasteiger partial charge >= 0.3 is 0 Å². The number of pyridine rings is 1. The molecule has 1 aliphatic carbocycles. The molecule has 1 saturated carbocycles. The van der Waals surface area contributed by atoms with E-state index in [1.54, 1.807) is 0 Å². The first-order valence-electron chi connectivity index (χ1n) is 8.77. The minimum Gasteiger partial charge on any atom is -0.381 e. The Labute approximate surface area is 133 Å². The minimum absolute atomic E-state index is 0.542. The molecule has 4 unspecified atom stereocenters. The van der Waals surface area contributed by atoms with Crippen LogP contribution in [0.3, 0.4) is 0 Å². The Kier molecular flexibility index (Phi) is 4.16. The third kappa shape index (κ3) is 2.51. The zero-order chi connectivity index (χ0) is 15.7. The number of anilines is 1. The minimum atomic E-state index is 0.542. The SMILES string of the molecule is CCCC(Nc1ccnc2[nH]ccc12)C1CC(C)(CC)C1C. The van der Waals surface area contributed by atoms with Crippen LogP contribution >= 0.6 is 0 Å². The third-order valence-corrected chi connectivity index (χ3v) is 6.17. The summed E-state index contributed by atoms with van der Waals surface area (Å²) in [6.07, 6.45) is 8.97. The second-order valence-electron chi connectivity index (χ2n) is 7.30. The number of rotatable bonds is 6. The molecule has 3 rings (SSSR count). The van der Waals surface area contributed by atoms with Gasteiger partial charge in [0.1, 0.15) is 5.65 Å². The molecule has 2 aromatic rings. The number of aromatic amines is 1. The predicted octanol–water partition coefficient (Wildman–Crippen LogP) is 5.22. The van der Waals surface area contributed by atoms with Crippen molar-refractivity contribution < 1.29 is 0 Å². The summed E-state index contributed by atoms with van der Waals surface area (Å²) in [4.78, 5) is 7.59. The Hall–Kier alpha value is -1.51. The van der Waals surface area contributed by atoms with Crippen LogP contribution < -0.4 is 5.32 Å². The first kappa shape index (κ1) is 15.4. The van der Waals surface area contributed by atoms with Crippen LogP contribution in [0.15, 0.2) is 24.5 Å². The number of nitrogens with one attached hydrogen (secondary N) is 2. The fraction of sp³-hybridized carbons (Fsp3) is 0.632. The van der Waals surface area contributed by atoms with Gasteiger partial charge in [0.15, 0.2) is 0 Å². The lowest BCUT2D eigenvalue weighted by Crippen LogP contribution is -2.51. The van der Waals surface area contributed by atoms with Gasteiger partial charge in [0.2, 0.25) is 0 Å². The standard InChI is InChI=1S/C19H29N3/c1-5-7-16(15-12-19(4,6-2)13(15)3)22-17-9-11-21-18-14(17)8-10-20-18/h8-11,13,15-16H,5-7,12H2,1-4H3,(H2,20,21,22). The van der Waals surface area contributed by atoms with Crippen LogP contribution in [0, 0.1) is 17.3 Å². The van der Waals surface area contributed by atoms with Crippen LogP contribution in [0.25, 0.3) is 11.0 Å². The molecule has 4 atom stereocenters. The molecule has 3 heteroatoms. The zero-order valence-electron chi connectivity index (χ0n) is 14.3. The summed E-state index contributed by atoms with van der Waals surface area (Å²) in [5.41, 5.74) is 2.74. The Morgan fingerprint density at radius 3 is 2.91 bits per heavy atom. The highest BCUT2D eigenvalue weighted by molar-refractivity contribution is 5.89. The Morgan fingerprint density at radius 2 is 2.23 bits per heavy atom. The summed E-state index contributed by atoms with van der Waals surface area (Å²) in [6.45, 7) is 9.52. The van der Waals surface area contributed by atoms with Gasteiger partial charge in [0.25, 0.3) is 0 Å². The van der Waals surface area contributed by atoms with Gasteiger partial charge in [-0.3, -0.25) is 0 Å². The summed E-state index contributed by atoms with van der Waals surface area (Å²) in [5.74, 6) is 1.58. The van der Waals surface area contributed by atoms with E-state index < -0.39 is 0 Å². The van der Waals surface area contributed by atoms with Gasteiger partial charge in [-0.25, -0.2) is 4.98 Å². The second kappa shape index (κ2) is 5.94. The molecular formula is C19H29N3. The van der Waals surface area contributed by atoms with E-state index in [9.17, 15) is 0 Å². The molecular weight excluding hydrogens is 270 g/mol. The van der Waals surface area contributed by atoms with E-state index in [0.29, 0.717) is 11.5 Å². The number of hydrogen-bond donors (Lipinski definition) is 2. The molecule has 1 fully saturated rings. The van der Waals surface area contributed by atoms with Gasteiger partial charge in [0.05, 0.1) is 0 Å². The topological polar surface area (TPSA) is 40.7 Å². The number of nitrogens with zero attached hydrogens (tertiary/aromatic N) is 1. The number of hydrogen-bond acceptors (Lipinski definition) is 2. The smallest absolute Gasteiger partial charge is 0.139 e. The quantitative estimate of drug-likeness (QED) is 0.768. The monoisotopic (exact) mass is 299 g/mol. The van der Waals surface area contributed by atoms with E-state index in [2.05, 4.69) is 55.1 Å². The normalized spacial score (nSPS) is 29.3. The van der Waals surface area contributed by atoms with Crippen molar-refractivity contribution in [3.05, 3.63) is 24.5 Å². The van der Waals surface area contributed by atoms with E-state index in [-0.39, 0.29) is 0 Å². The van der Waals surface area contributed by atoms with Crippen molar-refractivity contribution in [2.24, 2.45) is 17.3 Å². The fourth-order valence-corrected chi connectivity index (χ4v) is 4.21. The van der Waals surface area contributed by atoms with Crippen molar-refractivity contribution in [1.29, 1.82) is 0 Å². The van der Waals surface area contributed by atoms with Gasteiger partial charge < -0.3 is 10.3 Å². The van der Waals surface area contributed by atoms with Crippen molar-refractivity contribution in [2.75, 3.05) is 5.32 Å². The Balaban J connectivity index is 1.80. The average Bonchev–Trinajstić information content (AvgIpc) is 3.01. The average molecular weight is 299 g/mol. The van der Waals surface area contributed by atoms with Crippen molar-refractivity contribution >= 4 is 16.7 Å². The van der Waals surface area contributed by atoms with E-state index in [1.165, 1.54) is 36.8 Å². The molecule has 0 amide bonds. The lowest BCUT2D eigenvalue weighted by molar-refractivity contribution is -0.0295. The van der Waals surface area contributed by atoms with Gasteiger partial charge in [-0.1, -0.05) is 40.5 Å². The highest BCUT2D eigenvalue weighted by atomic mass is 15.0. The van der Waals surface area contributed by atoms with E-state index in [1.807, 2.05) is 12.4 Å². The van der Waals surface area contributed by atoms with Crippen LogP contribution in [0.2, 0.25) is 0 Å². The molecule has 2 N–H and O–H groups in total. The van der Waals surface area contributed by atoms with Gasteiger partial charge in [-0.2, -0.15) is 0 Å². The lowest BCUT2D eigenvalue weighted by atomic mass is 9.52. The number of fused-ring (bicyclic) bond motifs is 1. The highest BCUT2D eigenvalue weighted by Crippen LogP contribution is 2.55. The maximum Gasteiger partial charge on any atom is 0.139 e. The molecule has 0 spiro atoms. The summed E-state index contributed by atoms with van der Waals surface area (Å²) in [6, 6.07) is 4.80. The molecule has 0 aromatic carbocycles. The van der Waals surface area contributed by atoms with Gasteiger partial charge in [0, 0.05) is 29.5 Å². The molecule has 120 valence electrons. The van der Waals surface area contributed by atoms with E-state index in [0.717, 1.165) is 17.5 Å². The highest BCUT2D eigenvalue weighted by Gasteiger charge is 2.49. The van der Waals surface area contributed by atoms with Crippen molar-refractivity contribution in [2.45, 2.75) is 59.4 Å². The van der Waals surface area contributed by atoms with Crippen LogP contribution in [0.5, 0.6) is 0 Å².